The van der Waals surface area contributed by atoms with Gasteiger partial charge in [-0.15, -0.1) is 0 Å². The van der Waals surface area contributed by atoms with Crippen LogP contribution in [0.4, 0.5) is 0 Å². The maximum atomic E-state index is 13.5. The Morgan fingerprint density at radius 2 is 1.58 bits per heavy atom. The minimum absolute atomic E-state index is 0.0380. The van der Waals surface area contributed by atoms with Crippen molar-refractivity contribution in [3.05, 3.63) is 77.9 Å². The molecule has 2 aromatic heterocycles. The van der Waals surface area contributed by atoms with Crippen molar-refractivity contribution in [2.75, 3.05) is 41.3 Å². The van der Waals surface area contributed by atoms with Gasteiger partial charge in [0, 0.05) is 55.8 Å². The Balaban J connectivity index is 1.63. The fraction of sp³-hybridized carbons (Fsp3) is 0.394. The van der Waals surface area contributed by atoms with Gasteiger partial charge in [0.15, 0.2) is 0 Å². The summed E-state index contributed by atoms with van der Waals surface area (Å²) in [6, 6.07) is 11.8. The lowest BCUT2D eigenvalue weighted by Gasteiger charge is -2.18. The quantitative estimate of drug-likeness (QED) is 0.256. The number of hydrogen-bond donors (Lipinski definition) is 1. The molecule has 0 aliphatic carbocycles. The number of aromatic nitrogens is 4. The first-order chi connectivity index (χ1) is 20.4. The van der Waals surface area contributed by atoms with Crippen molar-refractivity contribution in [3.8, 4) is 28.0 Å². The normalized spacial score (nSPS) is 12.0. The number of amides is 2. The molecule has 0 bridgehead atoms. The summed E-state index contributed by atoms with van der Waals surface area (Å²) in [7, 11) is 7.44. The number of rotatable bonds is 12. The second-order valence-corrected chi connectivity index (χ2v) is 11.7. The zero-order valence-corrected chi connectivity index (χ0v) is 26.5. The van der Waals surface area contributed by atoms with Crippen LogP contribution in [0.15, 0.2) is 61.2 Å². The van der Waals surface area contributed by atoms with Gasteiger partial charge < -0.3 is 19.9 Å². The third kappa shape index (κ3) is 8.10. The Labute approximate surface area is 254 Å². The molecular weight excluding hydrogens is 542 g/mol. The number of aryl methyl sites for hydroxylation is 1. The SMILES string of the molecule is Cc1ccc(OCCN(C)C)cc1C(=O)N[C@H](C)c1cc(-c2cnn(CC(=O)N(C)C)c2)cc(-c2cnn(C(C)C)c2)c1. The molecule has 10 nitrogen and oxygen atoms in total. The van der Waals surface area contributed by atoms with Crippen LogP contribution in [0.2, 0.25) is 0 Å². The van der Waals surface area contributed by atoms with Gasteiger partial charge >= 0.3 is 0 Å². The summed E-state index contributed by atoms with van der Waals surface area (Å²) >= 11 is 0. The molecule has 0 aliphatic rings. The molecule has 0 saturated carbocycles. The number of hydrogen-bond acceptors (Lipinski definition) is 6. The minimum atomic E-state index is -0.297. The van der Waals surface area contributed by atoms with Crippen molar-refractivity contribution in [1.82, 2.24) is 34.7 Å². The summed E-state index contributed by atoms with van der Waals surface area (Å²) < 4.78 is 9.44. The first-order valence-corrected chi connectivity index (χ1v) is 14.5. The van der Waals surface area contributed by atoms with Crippen molar-refractivity contribution >= 4 is 11.8 Å². The Morgan fingerprint density at radius 1 is 0.907 bits per heavy atom. The molecule has 0 fully saturated rings. The van der Waals surface area contributed by atoms with Crippen molar-refractivity contribution in [2.24, 2.45) is 0 Å². The molecule has 228 valence electrons. The zero-order chi connectivity index (χ0) is 31.3. The first kappa shape index (κ1) is 31.5. The summed E-state index contributed by atoms with van der Waals surface area (Å²) in [6.45, 7) is 9.55. The van der Waals surface area contributed by atoms with E-state index in [1.807, 2.05) is 68.2 Å². The molecule has 4 rings (SSSR count). The van der Waals surface area contributed by atoms with Crippen molar-refractivity contribution in [2.45, 2.75) is 46.3 Å². The first-order valence-electron chi connectivity index (χ1n) is 14.5. The molecule has 2 amide bonds. The van der Waals surface area contributed by atoms with Gasteiger partial charge in [-0.05, 0) is 94.4 Å². The number of carbonyl (C=O) groups excluding carboxylic acids is 2. The summed E-state index contributed by atoms with van der Waals surface area (Å²) in [4.78, 5) is 29.3. The van der Waals surface area contributed by atoms with Crippen molar-refractivity contribution < 1.29 is 14.3 Å². The number of benzene rings is 2. The van der Waals surface area contributed by atoms with Crippen LogP contribution in [0.3, 0.4) is 0 Å². The Kier molecular flexibility index (Phi) is 10.0. The van der Waals surface area contributed by atoms with E-state index in [0.29, 0.717) is 17.9 Å². The molecular formula is C33H43N7O3. The number of carbonyl (C=O) groups is 2. The second-order valence-electron chi connectivity index (χ2n) is 11.7. The average Bonchev–Trinajstić information content (AvgIpc) is 3.64. The van der Waals surface area contributed by atoms with E-state index in [0.717, 1.165) is 39.9 Å². The topological polar surface area (TPSA) is 97.5 Å². The van der Waals surface area contributed by atoms with E-state index in [-0.39, 0.29) is 30.4 Å². The third-order valence-electron chi connectivity index (χ3n) is 7.29. The zero-order valence-electron chi connectivity index (χ0n) is 26.5. The Hall–Kier alpha value is -4.44. The standard InChI is InChI=1S/C33H43N7O3/c1-22(2)40-20-29(18-35-40)27-14-25(13-26(15-27)28-17-34-39(19-28)21-32(41)38(7)8)24(4)36-33(42)31-16-30(10-9-23(31)3)43-12-11-37(5)6/h9-10,13-20,22,24H,11-12,21H2,1-8H3,(H,36,42)/t24-/m1/s1. The van der Waals surface area contributed by atoms with Gasteiger partial charge in [0.05, 0.1) is 18.4 Å². The smallest absolute Gasteiger partial charge is 0.252 e. The molecule has 0 spiro atoms. The van der Waals surface area contributed by atoms with E-state index in [1.54, 1.807) is 35.9 Å². The molecule has 0 radical (unpaired) electrons. The van der Waals surface area contributed by atoms with Crippen LogP contribution in [-0.4, -0.2) is 82.5 Å². The molecule has 4 aromatic rings. The largest absolute Gasteiger partial charge is 0.492 e. The van der Waals surface area contributed by atoms with Gasteiger partial charge in [0.25, 0.3) is 5.91 Å². The lowest BCUT2D eigenvalue weighted by Crippen LogP contribution is -2.27. The summed E-state index contributed by atoms with van der Waals surface area (Å²) in [5, 5.41) is 12.1. The highest BCUT2D eigenvalue weighted by Crippen LogP contribution is 2.31. The lowest BCUT2D eigenvalue weighted by atomic mass is 9.96. The van der Waals surface area contributed by atoms with E-state index in [4.69, 9.17) is 4.74 Å². The van der Waals surface area contributed by atoms with Crippen molar-refractivity contribution in [1.29, 1.82) is 0 Å². The van der Waals surface area contributed by atoms with Crippen LogP contribution in [-0.2, 0) is 11.3 Å². The van der Waals surface area contributed by atoms with Crippen LogP contribution in [0.5, 0.6) is 5.75 Å². The summed E-state index contributed by atoms with van der Waals surface area (Å²) in [5.74, 6) is 0.461. The predicted octanol–water partition coefficient (Wildman–Crippen LogP) is 4.82. The number of nitrogens with one attached hydrogen (secondary N) is 1. The van der Waals surface area contributed by atoms with E-state index in [9.17, 15) is 9.59 Å². The molecule has 2 heterocycles. The van der Waals surface area contributed by atoms with Crippen LogP contribution in [0.1, 0.15) is 54.3 Å². The highest BCUT2D eigenvalue weighted by atomic mass is 16.5. The van der Waals surface area contributed by atoms with Crippen LogP contribution < -0.4 is 10.1 Å². The molecule has 1 N–H and O–H groups in total. The minimum Gasteiger partial charge on any atom is -0.492 e. The van der Waals surface area contributed by atoms with Gasteiger partial charge in [-0.25, -0.2) is 0 Å². The maximum absolute atomic E-state index is 13.5. The lowest BCUT2D eigenvalue weighted by molar-refractivity contribution is -0.129. The van der Waals surface area contributed by atoms with Crippen molar-refractivity contribution in [3.63, 3.8) is 0 Å². The molecule has 0 saturated heterocycles. The second kappa shape index (κ2) is 13.7. The highest BCUT2D eigenvalue weighted by molar-refractivity contribution is 5.96. The van der Waals surface area contributed by atoms with Crippen LogP contribution in [0, 0.1) is 6.92 Å². The van der Waals surface area contributed by atoms with Gasteiger partial charge in [-0.3, -0.25) is 19.0 Å². The van der Waals surface area contributed by atoms with Gasteiger partial charge in [-0.2, -0.15) is 10.2 Å². The third-order valence-corrected chi connectivity index (χ3v) is 7.29. The molecule has 43 heavy (non-hydrogen) atoms. The van der Waals surface area contributed by atoms with E-state index in [1.165, 1.54) is 0 Å². The molecule has 0 aliphatic heterocycles. The molecule has 10 heteroatoms. The molecule has 0 unspecified atom stereocenters. The Morgan fingerprint density at radius 3 is 2.21 bits per heavy atom. The maximum Gasteiger partial charge on any atom is 0.252 e. The average molecular weight is 586 g/mol. The highest BCUT2D eigenvalue weighted by Gasteiger charge is 2.18. The Bertz CT molecular complexity index is 1570. The summed E-state index contributed by atoms with van der Waals surface area (Å²) in [5.41, 5.74) is 6.15. The fourth-order valence-electron chi connectivity index (χ4n) is 4.52. The van der Waals surface area contributed by atoms with E-state index < -0.39 is 0 Å². The number of ether oxygens (including phenoxy) is 1. The van der Waals surface area contributed by atoms with Gasteiger partial charge in [-0.1, -0.05) is 6.07 Å². The summed E-state index contributed by atoms with van der Waals surface area (Å²) in [6.07, 6.45) is 7.52. The molecule has 2 aromatic carbocycles. The monoisotopic (exact) mass is 585 g/mol. The van der Waals surface area contributed by atoms with Gasteiger partial charge in [0.2, 0.25) is 5.91 Å². The van der Waals surface area contributed by atoms with E-state index in [2.05, 4.69) is 47.6 Å². The fourth-order valence-corrected chi connectivity index (χ4v) is 4.52. The van der Waals surface area contributed by atoms with Crippen LogP contribution in [0.25, 0.3) is 22.3 Å². The van der Waals surface area contributed by atoms with E-state index >= 15 is 0 Å². The predicted molar refractivity (Wildman–Crippen MR) is 169 cm³/mol. The molecule has 1 atom stereocenters. The number of likely N-dealkylation sites (N-methyl/N-ethyl adjacent to an activating group) is 2. The van der Waals surface area contributed by atoms with Gasteiger partial charge in [0.1, 0.15) is 18.9 Å². The van der Waals surface area contributed by atoms with Crippen LogP contribution >= 0.6 is 0 Å². The number of nitrogens with zero attached hydrogens (tertiary/aromatic N) is 6.